The minimum atomic E-state index is -0.471. The maximum atomic E-state index is 11.9. The monoisotopic (exact) mass is 264 g/mol. The van der Waals surface area contributed by atoms with Crippen LogP contribution in [0.3, 0.4) is 0 Å². The van der Waals surface area contributed by atoms with E-state index in [4.69, 9.17) is 9.57 Å². The maximum absolute atomic E-state index is 11.9. The van der Waals surface area contributed by atoms with E-state index in [2.05, 4.69) is 10.5 Å². The van der Waals surface area contributed by atoms with E-state index in [-0.39, 0.29) is 5.71 Å². The summed E-state index contributed by atoms with van der Waals surface area (Å²) in [6.07, 6.45) is 0.800. The SMILES string of the molecule is CCOC(=O)/C(=N/OC)c1ccccc1CCNC. The molecule has 0 spiro atoms. The van der Waals surface area contributed by atoms with Crippen molar-refractivity contribution in [2.24, 2.45) is 5.16 Å². The number of hydrogen-bond acceptors (Lipinski definition) is 5. The maximum Gasteiger partial charge on any atom is 0.361 e. The molecule has 0 bridgehead atoms. The van der Waals surface area contributed by atoms with E-state index in [9.17, 15) is 4.79 Å². The van der Waals surface area contributed by atoms with Crippen LogP contribution in [0.25, 0.3) is 0 Å². The lowest BCUT2D eigenvalue weighted by molar-refractivity contribution is -0.135. The first kappa shape index (κ1) is 15.2. The van der Waals surface area contributed by atoms with Gasteiger partial charge in [-0.15, -0.1) is 0 Å². The third-order valence-electron chi connectivity index (χ3n) is 2.57. The Bertz CT molecular complexity index is 444. The Balaban J connectivity index is 3.08. The minimum absolute atomic E-state index is 0.205. The molecule has 0 aromatic heterocycles. The molecule has 5 nitrogen and oxygen atoms in total. The Morgan fingerprint density at radius 3 is 2.74 bits per heavy atom. The zero-order valence-corrected chi connectivity index (χ0v) is 11.6. The second-order valence-corrected chi connectivity index (χ2v) is 3.85. The third kappa shape index (κ3) is 4.37. The fraction of sp³-hybridized carbons (Fsp3) is 0.429. The Morgan fingerprint density at radius 2 is 2.11 bits per heavy atom. The molecule has 0 aliphatic carbocycles. The van der Waals surface area contributed by atoms with Crippen molar-refractivity contribution in [3.8, 4) is 0 Å². The molecule has 1 aromatic rings. The van der Waals surface area contributed by atoms with Crippen molar-refractivity contribution < 1.29 is 14.4 Å². The molecule has 0 amide bonds. The summed E-state index contributed by atoms with van der Waals surface area (Å²) in [5.41, 5.74) is 1.98. The summed E-state index contributed by atoms with van der Waals surface area (Å²) < 4.78 is 5.01. The first-order valence-corrected chi connectivity index (χ1v) is 6.25. The summed E-state index contributed by atoms with van der Waals surface area (Å²) >= 11 is 0. The first-order valence-electron chi connectivity index (χ1n) is 6.25. The zero-order valence-electron chi connectivity index (χ0n) is 11.6. The second kappa shape index (κ2) is 8.26. The van der Waals surface area contributed by atoms with Gasteiger partial charge in [0.25, 0.3) is 0 Å². The average molecular weight is 264 g/mol. The minimum Gasteiger partial charge on any atom is -0.461 e. The number of likely N-dealkylation sites (N-methyl/N-ethyl adjacent to an activating group) is 1. The van der Waals surface area contributed by atoms with Gasteiger partial charge in [-0.3, -0.25) is 0 Å². The molecule has 0 aliphatic heterocycles. The van der Waals surface area contributed by atoms with Crippen LogP contribution in [0.1, 0.15) is 18.1 Å². The highest BCUT2D eigenvalue weighted by molar-refractivity contribution is 6.43. The molecule has 104 valence electrons. The van der Waals surface area contributed by atoms with E-state index >= 15 is 0 Å². The number of nitrogens with one attached hydrogen (secondary N) is 1. The number of ether oxygens (including phenoxy) is 1. The van der Waals surface area contributed by atoms with Gasteiger partial charge in [0.2, 0.25) is 0 Å². The van der Waals surface area contributed by atoms with Gasteiger partial charge in [0.1, 0.15) is 7.11 Å². The second-order valence-electron chi connectivity index (χ2n) is 3.85. The molecule has 0 saturated carbocycles. The fourth-order valence-electron chi connectivity index (χ4n) is 1.72. The molecule has 0 radical (unpaired) electrons. The smallest absolute Gasteiger partial charge is 0.361 e. The summed E-state index contributed by atoms with van der Waals surface area (Å²) in [6, 6.07) is 7.61. The average Bonchev–Trinajstić information content (AvgIpc) is 2.43. The molecule has 0 fully saturated rings. The van der Waals surface area contributed by atoms with Crippen molar-refractivity contribution in [1.29, 1.82) is 0 Å². The number of carbonyl (C=O) groups is 1. The first-order chi connectivity index (χ1) is 9.24. The van der Waals surface area contributed by atoms with Gasteiger partial charge in [0.05, 0.1) is 6.61 Å². The summed E-state index contributed by atoms with van der Waals surface area (Å²) in [6.45, 7) is 2.88. The van der Waals surface area contributed by atoms with Crippen LogP contribution in [0.2, 0.25) is 0 Å². The van der Waals surface area contributed by atoms with Crippen molar-refractivity contribution in [2.75, 3.05) is 27.3 Å². The van der Waals surface area contributed by atoms with E-state index in [1.807, 2.05) is 31.3 Å². The number of rotatable bonds is 7. The summed E-state index contributed by atoms with van der Waals surface area (Å²) in [5.74, 6) is -0.471. The number of nitrogens with zero attached hydrogens (tertiary/aromatic N) is 1. The quantitative estimate of drug-likeness (QED) is 0.459. The number of oxime groups is 1. The van der Waals surface area contributed by atoms with Gasteiger partial charge < -0.3 is 14.9 Å². The Labute approximate surface area is 113 Å². The van der Waals surface area contributed by atoms with E-state index in [1.54, 1.807) is 6.92 Å². The molecule has 0 unspecified atom stereocenters. The van der Waals surface area contributed by atoms with Crippen LogP contribution < -0.4 is 5.32 Å². The number of benzene rings is 1. The van der Waals surface area contributed by atoms with E-state index in [0.29, 0.717) is 6.61 Å². The lowest BCUT2D eigenvalue weighted by atomic mass is 10.0. The molecule has 19 heavy (non-hydrogen) atoms. The summed E-state index contributed by atoms with van der Waals surface area (Å²) in [7, 11) is 3.30. The topological polar surface area (TPSA) is 59.9 Å². The van der Waals surface area contributed by atoms with Crippen LogP contribution in [-0.4, -0.2) is 39.0 Å². The zero-order chi connectivity index (χ0) is 14.1. The van der Waals surface area contributed by atoms with Crippen molar-refractivity contribution in [1.82, 2.24) is 5.32 Å². The van der Waals surface area contributed by atoms with Gasteiger partial charge in [-0.1, -0.05) is 29.4 Å². The van der Waals surface area contributed by atoms with E-state index < -0.39 is 5.97 Å². The largest absolute Gasteiger partial charge is 0.461 e. The molecule has 1 rings (SSSR count). The Morgan fingerprint density at radius 1 is 1.37 bits per heavy atom. The van der Waals surface area contributed by atoms with Gasteiger partial charge in [0.15, 0.2) is 5.71 Å². The molecule has 0 atom stereocenters. The molecular formula is C14H20N2O3. The van der Waals surface area contributed by atoms with Gasteiger partial charge in [-0.2, -0.15) is 0 Å². The fourth-order valence-corrected chi connectivity index (χ4v) is 1.72. The highest BCUT2D eigenvalue weighted by Crippen LogP contribution is 2.12. The third-order valence-corrected chi connectivity index (χ3v) is 2.57. The number of carbonyl (C=O) groups excluding carboxylic acids is 1. The molecule has 0 heterocycles. The standard InChI is InChI=1S/C14H20N2O3/c1-4-19-14(17)13(16-18-3)12-8-6-5-7-11(12)9-10-15-2/h5-8,15H,4,9-10H2,1-3H3/b16-13+. The van der Waals surface area contributed by atoms with Gasteiger partial charge in [0, 0.05) is 5.56 Å². The van der Waals surface area contributed by atoms with Crippen molar-refractivity contribution in [3.63, 3.8) is 0 Å². The Hall–Kier alpha value is -1.88. The summed E-state index contributed by atoms with van der Waals surface area (Å²) in [4.78, 5) is 16.7. The highest BCUT2D eigenvalue weighted by Gasteiger charge is 2.19. The van der Waals surface area contributed by atoms with Crippen LogP contribution >= 0.6 is 0 Å². The van der Waals surface area contributed by atoms with Crippen molar-refractivity contribution in [3.05, 3.63) is 35.4 Å². The molecular weight excluding hydrogens is 244 g/mol. The van der Waals surface area contributed by atoms with Gasteiger partial charge in [-0.25, -0.2) is 4.79 Å². The van der Waals surface area contributed by atoms with Crippen LogP contribution in [-0.2, 0) is 20.8 Å². The predicted octanol–water partition coefficient (Wildman–Crippen LogP) is 1.36. The lowest BCUT2D eigenvalue weighted by Crippen LogP contribution is -2.21. The summed E-state index contributed by atoms with van der Waals surface area (Å²) in [5, 5.41) is 6.88. The normalized spacial score (nSPS) is 11.2. The lowest BCUT2D eigenvalue weighted by Gasteiger charge is -2.10. The van der Waals surface area contributed by atoms with Crippen LogP contribution in [0, 0.1) is 0 Å². The highest BCUT2D eigenvalue weighted by atomic mass is 16.6. The molecule has 1 N–H and O–H groups in total. The number of hydrogen-bond donors (Lipinski definition) is 1. The van der Waals surface area contributed by atoms with Crippen molar-refractivity contribution in [2.45, 2.75) is 13.3 Å². The van der Waals surface area contributed by atoms with Gasteiger partial charge in [-0.05, 0) is 32.5 Å². The van der Waals surface area contributed by atoms with E-state index in [1.165, 1.54) is 7.11 Å². The molecule has 5 heteroatoms. The van der Waals surface area contributed by atoms with Crippen LogP contribution in [0.15, 0.2) is 29.4 Å². The molecule has 0 saturated heterocycles. The van der Waals surface area contributed by atoms with Crippen molar-refractivity contribution >= 4 is 11.7 Å². The number of esters is 1. The van der Waals surface area contributed by atoms with Crippen LogP contribution in [0.4, 0.5) is 0 Å². The molecule has 0 aliphatic rings. The predicted molar refractivity (Wildman–Crippen MR) is 74.3 cm³/mol. The van der Waals surface area contributed by atoms with Crippen LogP contribution in [0.5, 0.6) is 0 Å². The Kier molecular flexibility index (Phi) is 6.60. The molecule has 1 aromatic carbocycles. The van der Waals surface area contributed by atoms with E-state index in [0.717, 1.165) is 24.1 Å². The van der Waals surface area contributed by atoms with Gasteiger partial charge >= 0.3 is 5.97 Å².